The van der Waals surface area contributed by atoms with E-state index in [9.17, 15) is 4.79 Å². The normalized spacial score (nSPS) is 10.2. The molecule has 0 radical (unpaired) electrons. The number of carbonyl (C=O) groups excluding carboxylic acids is 1. The molecule has 1 amide bonds. The van der Waals surface area contributed by atoms with E-state index in [2.05, 4.69) is 10.6 Å². The molecule has 0 unspecified atom stereocenters. The molecular formula is C18H20Cl2N2O4. The number of rotatable bonds is 8. The molecule has 0 aliphatic rings. The summed E-state index contributed by atoms with van der Waals surface area (Å²) in [4.78, 5) is 12.2. The number of hydrogen-bond acceptors (Lipinski definition) is 5. The van der Waals surface area contributed by atoms with E-state index in [-0.39, 0.29) is 12.3 Å². The topological polar surface area (TPSA) is 68.8 Å². The molecule has 6 nitrogen and oxygen atoms in total. The van der Waals surface area contributed by atoms with Crippen LogP contribution in [0.2, 0.25) is 10.0 Å². The summed E-state index contributed by atoms with van der Waals surface area (Å²) in [6.07, 6.45) is 0.246. The molecule has 0 aliphatic carbocycles. The monoisotopic (exact) mass is 398 g/mol. The van der Waals surface area contributed by atoms with Gasteiger partial charge in [-0.15, -0.1) is 0 Å². The number of methoxy groups -OCH3 is 3. The fraction of sp³-hybridized carbons (Fsp3) is 0.278. The van der Waals surface area contributed by atoms with Crippen molar-refractivity contribution in [3.63, 3.8) is 0 Å². The average Bonchev–Trinajstić information content (AvgIpc) is 2.62. The van der Waals surface area contributed by atoms with E-state index in [0.29, 0.717) is 39.5 Å². The molecule has 0 heterocycles. The zero-order chi connectivity index (χ0) is 19.1. The Morgan fingerprint density at radius 3 is 2.19 bits per heavy atom. The Morgan fingerprint density at radius 1 is 1.00 bits per heavy atom. The van der Waals surface area contributed by atoms with Gasteiger partial charge in [0.1, 0.15) is 0 Å². The molecule has 0 fully saturated rings. The minimum atomic E-state index is -0.170. The quantitative estimate of drug-likeness (QED) is 0.686. The molecule has 8 heteroatoms. The fourth-order valence-electron chi connectivity index (χ4n) is 2.32. The van der Waals surface area contributed by atoms with E-state index in [1.807, 2.05) is 0 Å². The smallest absolute Gasteiger partial charge is 0.226 e. The van der Waals surface area contributed by atoms with Crippen LogP contribution in [0.25, 0.3) is 0 Å². The first-order chi connectivity index (χ1) is 12.5. The van der Waals surface area contributed by atoms with E-state index < -0.39 is 0 Å². The van der Waals surface area contributed by atoms with Gasteiger partial charge in [0.05, 0.1) is 32.0 Å². The lowest BCUT2D eigenvalue weighted by molar-refractivity contribution is -0.115. The first-order valence-corrected chi connectivity index (χ1v) is 8.52. The second kappa shape index (κ2) is 9.40. The van der Waals surface area contributed by atoms with Gasteiger partial charge >= 0.3 is 0 Å². The molecule has 0 atom stereocenters. The summed E-state index contributed by atoms with van der Waals surface area (Å²) in [5, 5.41) is 6.96. The highest BCUT2D eigenvalue weighted by Crippen LogP contribution is 2.39. The van der Waals surface area contributed by atoms with E-state index in [1.165, 1.54) is 21.3 Å². The zero-order valence-corrected chi connectivity index (χ0v) is 16.2. The van der Waals surface area contributed by atoms with Gasteiger partial charge in [-0.25, -0.2) is 0 Å². The van der Waals surface area contributed by atoms with Crippen molar-refractivity contribution in [1.29, 1.82) is 0 Å². The van der Waals surface area contributed by atoms with Crippen LogP contribution < -0.4 is 24.8 Å². The highest BCUT2D eigenvalue weighted by molar-refractivity contribution is 6.36. The van der Waals surface area contributed by atoms with Crippen molar-refractivity contribution < 1.29 is 19.0 Å². The van der Waals surface area contributed by atoms with Gasteiger partial charge in [0.15, 0.2) is 11.5 Å². The van der Waals surface area contributed by atoms with Crippen LogP contribution in [0.3, 0.4) is 0 Å². The zero-order valence-electron chi connectivity index (χ0n) is 14.7. The van der Waals surface area contributed by atoms with Gasteiger partial charge in [0.25, 0.3) is 0 Å². The van der Waals surface area contributed by atoms with Crippen LogP contribution in [0.1, 0.15) is 6.42 Å². The molecular weight excluding hydrogens is 379 g/mol. The van der Waals surface area contributed by atoms with Crippen molar-refractivity contribution in [2.24, 2.45) is 0 Å². The van der Waals surface area contributed by atoms with Crippen molar-refractivity contribution in [1.82, 2.24) is 0 Å². The average molecular weight is 399 g/mol. The lowest BCUT2D eigenvalue weighted by Crippen LogP contribution is -2.16. The Balaban J connectivity index is 1.97. The van der Waals surface area contributed by atoms with Crippen molar-refractivity contribution in [2.75, 3.05) is 38.5 Å². The second-order valence-electron chi connectivity index (χ2n) is 5.26. The summed E-state index contributed by atoms with van der Waals surface area (Å²) in [6.45, 7) is 0.414. The largest absolute Gasteiger partial charge is 0.493 e. The SMILES string of the molecule is COc1cc(NC(=O)CCNc2ccc(Cl)cc2Cl)cc(OC)c1OC. The number of nitrogens with one attached hydrogen (secondary N) is 2. The summed E-state index contributed by atoms with van der Waals surface area (Å²) in [6, 6.07) is 8.47. The minimum Gasteiger partial charge on any atom is -0.493 e. The number of anilines is 2. The van der Waals surface area contributed by atoms with Crippen LogP contribution in [-0.2, 0) is 4.79 Å². The van der Waals surface area contributed by atoms with Crippen LogP contribution in [0.5, 0.6) is 17.2 Å². The van der Waals surface area contributed by atoms with Gasteiger partial charge in [-0.05, 0) is 18.2 Å². The van der Waals surface area contributed by atoms with Crippen molar-refractivity contribution in [3.8, 4) is 17.2 Å². The van der Waals surface area contributed by atoms with Crippen molar-refractivity contribution >= 4 is 40.5 Å². The molecule has 0 saturated heterocycles. The maximum Gasteiger partial charge on any atom is 0.226 e. The van der Waals surface area contributed by atoms with Gasteiger partial charge in [-0.2, -0.15) is 0 Å². The van der Waals surface area contributed by atoms with Gasteiger partial charge in [0.2, 0.25) is 11.7 Å². The van der Waals surface area contributed by atoms with Crippen molar-refractivity contribution in [3.05, 3.63) is 40.4 Å². The van der Waals surface area contributed by atoms with Gasteiger partial charge in [-0.1, -0.05) is 23.2 Å². The first kappa shape index (κ1) is 20.0. The molecule has 0 spiro atoms. The Kier molecular flexibility index (Phi) is 7.24. The molecule has 2 N–H and O–H groups in total. The second-order valence-corrected chi connectivity index (χ2v) is 6.11. The third-order valence-electron chi connectivity index (χ3n) is 3.55. The molecule has 0 aromatic heterocycles. The van der Waals surface area contributed by atoms with Crippen molar-refractivity contribution in [2.45, 2.75) is 6.42 Å². The predicted octanol–water partition coefficient (Wildman–Crippen LogP) is 4.46. The summed E-state index contributed by atoms with van der Waals surface area (Å²) in [5.41, 5.74) is 1.27. The number of benzene rings is 2. The molecule has 2 aromatic rings. The third-order valence-corrected chi connectivity index (χ3v) is 4.09. The number of ether oxygens (including phenoxy) is 3. The maximum absolute atomic E-state index is 12.2. The Morgan fingerprint density at radius 2 is 1.65 bits per heavy atom. The Hall–Kier alpha value is -2.31. The molecule has 0 aliphatic heterocycles. The number of carbonyl (C=O) groups is 1. The van der Waals surface area contributed by atoms with Crippen LogP contribution in [0.15, 0.2) is 30.3 Å². The standard InChI is InChI=1S/C18H20Cl2N2O4/c1-24-15-9-12(10-16(25-2)18(15)26-3)22-17(23)6-7-21-14-5-4-11(19)8-13(14)20/h4-5,8-10,21H,6-7H2,1-3H3,(H,22,23). The van der Waals surface area contributed by atoms with E-state index in [0.717, 1.165) is 5.69 Å². The van der Waals surface area contributed by atoms with Crippen LogP contribution in [0, 0.1) is 0 Å². The van der Waals surface area contributed by atoms with Gasteiger partial charge in [0, 0.05) is 35.8 Å². The summed E-state index contributed by atoms with van der Waals surface area (Å²) in [7, 11) is 4.55. The Bertz CT molecular complexity index is 759. The van der Waals surface area contributed by atoms with Gasteiger partial charge < -0.3 is 24.8 Å². The van der Waals surface area contributed by atoms with Crippen LogP contribution in [0.4, 0.5) is 11.4 Å². The first-order valence-electron chi connectivity index (χ1n) is 7.77. The summed E-state index contributed by atoms with van der Waals surface area (Å²) >= 11 is 11.9. The molecule has 2 aromatic carbocycles. The van der Waals surface area contributed by atoms with Crippen LogP contribution in [-0.4, -0.2) is 33.8 Å². The fourth-order valence-corrected chi connectivity index (χ4v) is 2.80. The minimum absolute atomic E-state index is 0.170. The summed E-state index contributed by atoms with van der Waals surface area (Å²) in [5.74, 6) is 1.23. The highest BCUT2D eigenvalue weighted by Gasteiger charge is 2.14. The molecule has 0 bridgehead atoms. The van der Waals surface area contributed by atoms with E-state index in [4.69, 9.17) is 37.4 Å². The Labute approximate surface area is 162 Å². The lowest BCUT2D eigenvalue weighted by atomic mass is 10.2. The lowest BCUT2D eigenvalue weighted by Gasteiger charge is -2.15. The van der Waals surface area contributed by atoms with E-state index in [1.54, 1.807) is 30.3 Å². The molecule has 26 heavy (non-hydrogen) atoms. The molecule has 2 rings (SSSR count). The molecule has 140 valence electrons. The number of amides is 1. The van der Waals surface area contributed by atoms with E-state index >= 15 is 0 Å². The number of hydrogen-bond donors (Lipinski definition) is 2. The highest BCUT2D eigenvalue weighted by atomic mass is 35.5. The molecule has 0 saturated carbocycles. The number of halogens is 2. The summed E-state index contributed by atoms with van der Waals surface area (Å²) < 4.78 is 15.8. The van der Waals surface area contributed by atoms with Crippen LogP contribution >= 0.6 is 23.2 Å². The van der Waals surface area contributed by atoms with Gasteiger partial charge in [-0.3, -0.25) is 4.79 Å². The maximum atomic E-state index is 12.2. The predicted molar refractivity (Wildman–Crippen MR) is 104 cm³/mol. The third kappa shape index (κ3) is 5.09.